The second kappa shape index (κ2) is 6.86. The fourth-order valence-electron chi connectivity index (χ4n) is 2.62. The van der Waals surface area contributed by atoms with E-state index < -0.39 is 0 Å². The van der Waals surface area contributed by atoms with Crippen molar-refractivity contribution >= 4 is 23.4 Å². The van der Waals surface area contributed by atoms with Gasteiger partial charge in [0.1, 0.15) is 5.76 Å². The van der Waals surface area contributed by atoms with Crippen LogP contribution in [0.3, 0.4) is 0 Å². The molecular weight excluding hydrogens is 324 g/mol. The summed E-state index contributed by atoms with van der Waals surface area (Å²) in [6.45, 7) is 1.14. The van der Waals surface area contributed by atoms with Crippen LogP contribution in [0, 0.1) is 0 Å². The third-order valence-electron chi connectivity index (χ3n) is 3.84. The van der Waals surface area contributed by atoms with Crippen molar-refractivity contribution in [1.82, 2.24) is 14.5 Å². The zero-order valence-corrected chi connectivity index (χ0v) is 13.7. The highest BCUT2D eigenvalue weighted by Gasteiger charge is 2.07. The molecule has 5 nitrogen and oxygen atoms in total. The first-order chi connectivity index (χ1) is 11.3. The Balaban J connectivity index is 0.00000169. The zero-order chi connectivity index (χ0) is 15.6. The number of nitrogens with two attached hydrogens (primary N) is 1. The van der Waals surface area contributed by atoms with Gasteiger partial charge in [0.25, 0.3) is 0 Å². The lowest BCUT2D eigenvalue weighted by atomic mass is 10.1. The molecule has 0 radical (unpaired) electrons. The van der Waals surface area contributed by atoms with Crippen molar-refractivity contribution < 1.29 is 4.42 Å². The fourth-order valence-corrected chi connectivity index (χ4v) is 2.62. The van der Waals surface area contributed by atoms with Gasteiger partial charge in [0.15, 0.2) is 0 Å². The first kappa shape index (κ1) is 16.2. The standard InChI is InChI=1S/C18H16N4O.ClH/c19-9-15-10-20-18(23-15)14-7-5-13(6-8-14)11-22-12-21-16-3-1-2-4-17(16)22;/h1-8,10,12H,9,11,19H2;1H. The third kappa shape index (κ3) is 3.04. The van der Waals surface area contributed by atoms with E-state index in [4.69, 9.17) is 10.2 Å². The summed E-state index contributed by atoms with van der Waals surface area (Å²) < 4.78 is 7.71. The van der Waals surface area contributed by atoms with Gasteiger partial charge in [0, 0.05) is 12.1 Å². The molecule has 0 aliphatic heterocycles. The van der Waals surface area contributed by atoms with E-state index in [1.807, 2.05) is 36.7 Å². The Morgan fingerprint density at radius 3 is 2.54 bits per heavy atom. The minimum absolute atomic E-state index is 0. The summed E-state index contributed by atoms with van der Waals surface area (Å²) in [5, 5.41) is 0. The number of aromatic nitrogens is 3. The average Bonchev–Trinajstić information content (AvgIpc) is 3.23. The predicted molar refractivity (Wildman–Crippen MR) is 95.9 cm³/mol. The monoisotopic (exact) mass is 340 g/mol. The summed E-state index contributed by atoms with van der Waals surface area (Å²) in [4.78, 5) is 8.66. The van der Waals surface area contributed by atoms with Crippen molar-refractivity contribution in [2.45, 2.75) is 13.1 Å². The van der Waals surface area contributed by atoms with Gasteiger partial charge in [-0.25, -0.2) is 9.97 Å². The van der Waals surface area contributed by atoms with Crippen molar-refractivity contribution in [3.05, 3.63) is 72.4 Å². The Hall–Kier alpha value is -2.63. The first-order valence-electron chi connectivity index (χ1n) is 7.47. The Morgan fingerprint density at radius 1 is 1.00 bits per heavy atom. The van der Waals surface area contributed by atoms with Gasteiger partial charge in [-0.05, 0) is 29.8 Å². The quantitative estimate of drug-likeness (QED) is 0.616. The second-order valence-electron chi connectivity index (χ2n) is 5.39. The Bertz CT molecular complexity index is 943. The smallest absolute Gasteiger partial charge is 0.226 e. The molecule has 2 heterocycles. The van der Waals surface area contributed by atoms with Crippen molar-refractivity contribution in [2.24, 2.45) is 5.73 Å². The summed E-state index contributed by atoms with van der Waals surface area (Å²) in [7, 11) is 0. The van der Waals surface area contributed by atoms with E-state index in [-0.39, 0.29) is 12.4 Å². The molecule has 0 saturated heterocycles. The van der Waals surface area contributed by atoms with Gasteiger partial charge in [-0.1, -0.05) is 24.3 Å². The van der Waals surface area contributed by atoms with Crippen LogP contribution in [0.25, 0.3) is 22.5 Å². The van der Waals surface area contributed by atoms with Gasteiger partial charge >= 0.3 is 0 Å². The first-order valence-corrected chi connectivity index (χ1v) is 7.47. The zero-order valence-electron chi connectivity index (χ0n) is 12.9. The maximum Gasteiger partial charge on any atom is 0.226 e. The Morgan fingerprint density at radius 2 is 1.79 bits per heavy atom. The molecule has 0 amide bonds. The predicted octanol–water partition coefficient (Wildman–Crippen LogP) is 3.62. The lowest BCUT2D eigenvalue weighted by molar-refractivity contribution is 0.521. The summed E-state index contributed by atoms with van der Waals surface area (Å²) in [5.74, 6) is 1.29. The summed E-state index contributed by atoms with van der Waals surface area (Å²) >= 11 is 0. The molecule has 2 aromatic heterocycles. The highest BCUT2D eigenvalue weighted by atomic mass is 35.5. The molecule has 0 spiro atoms. The van der Waals surface area contributed by atoms with Crippen molar-refractivity contribution in [1.29, 1.82) is 0 Å². The molecule has 24 heavy (non-hydrogen) atoms. The SMILES string of the molecule is Cl.NCc1cnc(-c2ccc(Cn3cnc4ccccc43)cc2)o1. The number of rotatable bonds is 4. The second-order valence-corrected chi connectivity index (χ2v) is 5.39. The maximum absolute atomic E-state index is 5.57. The number of hydrogen-bond acceptors (Lipinski definition) is 4. The molecule has 0 bridgehead atoms. The molecule has 0 aliphatic rings. The largest absolute Gasteiger partial charge is 0.440 e. The van der Waals surface area contributed by atoms with Gasteiger partial charge in [-0.3, -0.25) is 0 Å². The summed E-state index contributed by atoms with van der Waals surface area (Å²) in [6.07, 6.45) is 3.54. The van der Waals surface area contributed by atoms with Crippen molar-refractivity contribution in [2.75, 3.05) is 0 Å². The van der Waals surface area contributed by atoms with Crippen LogP contribution in [0.4, 0.5) is 0 Å². The van der Waals surface area contributed by atoms with Gasteiger partial charge in [0.2, 0.25) is 5.89 Å². The van der Waals surface area contributed by atoms with E-state index in [0.29, 0.717) is 18.2 Å². The Labute approximate surface area is 145 Å². The van der Waals surface area contributed by atoms with E-state index in [1.54, 1.807) is 6.20 Å². The topological polar surface area (TPSA) is 69.9 Å². The van der Waals surface area contributed by atoms with E-state index in [1.165, 1.54) is 5.56 Å². The van der Waals surface area contributed by atoms with E-state index >= 15 is 0 Å². The molecule has 0 unspecified atom stereocenters. The molecule has 2 aromatic carbocycles. The minimum atomic E-state index is 0. The number of nitrogens with zero attached hydrogens (tertiary/aromatic N) is 3. The Kier molecular flexibility index (Phi) is 4.64. The molecule has 0 saturated carbocycles. The number of hydrogen-bond donors (Lipinski definition) is 1. The molecule has 122 valence electrons. The van der Waals surface area contributed by atoms with E-state index in [0.717, 1.165) is 23.1 Å². The lowest BCUT2D eigenvalue weighted by Crippen LogP contribution is -1.97. The summed E-state index contributed by atoms with van der Waals surface area (Å²) in [6, 6.07) is 16.3. The lowest BCUT2D eigenvalue weighted by Gasteiger charge is -2.05. The number of para-hydroxylation sites is 2. The normalized spacial score (nSPS) is 10.7. The van der Waals surface area contributed by atoms with E-state index in [2.05, 4.69) is 32.7 Å². The van der Waals surface area contributed by atoms with Crippen LogP contribution in [0.15, 0.2) is 65.5 Å². The number of imidazole rings is 1. The van der Waals surface area contributed by atoms with Crippen LogP contribution >= 0.6 is 12.4 Å². The number of fused-ring (bicyclic) bond motifs is 1. The van der Waals surface area contributed by atoms with Gasteiger partial charge in [-0.15, -0.1) is 12.4 Å². The number of halogens is 1. The molecule has 6 heteroatoms. The maximum atomic E-state index is 5.57. The molecule has 4 rings (SSSR count). The van der Waals surface area contributed by atoms with Gasteiger partial charge in [-0.2, -0.15) is 0 Å². The van der Waals surface area contributed by atoms with Gasteiger partial charge < -0.3 is 14.7 Å². The van der Waals surface area contributed by atoms with Crippen LogP contribution in [0.5, 0.6) is 0 Å². The highest BCUT2D eigenvalue weighted by Crippen LogP contribution is 2.20. The molecular formula is C18H17ClN4O. The van der Waals surface area contributed by atoms with E-state index in [9.17, 15) is 0 Å². The van der Waals surface area contributed by atoms with Crippen LogP contribution < -0.4 is 5.73 Å². The molecule has 0 atom stereocenters. The van der Waals surface area contributed by atoms with Crippen LogP contribution in [-0.4, -0.2) is 14.5 Å². The molecule has 0 aliphatic carbocycles. The average molecular weight is 341 g/mol. The third-order valence-corrected chi connectivity index (χ3v) is 3.84. The van der Waals surface area contributed by atoms with Gasteiger partial charge in [0.05, 0.1) is 30.1 Å². The number of oxazole rings is 1. The van der Waals surface area contributed by atoms with Crippen LogP contribution in [-0.2, 0) is 13.1 Å². The van der Waals surface area contributed by atoms with Crippen LogP contribution in [0.2, 0.25) is 0 Å². The fraction of sp³-hybridized carbons (Fsp3) is 0.111. The highest BCUT2D eigenvalue weighted by molar-refractivity contribution is 5.85. The minimum Gasteiger partial charge on any atom is -0.440 e. The molecule has 4 aromatic rings. The number of benzene rings is 2. The summed E-state index contributed by atoms with van der Waals surface area (Å²) in [5.41, 5.74) is 9.84. The van der Waals surface area contributed by atoms with Crippen molar-refractivity contribution in [3.8, 4) is 11.5 Å². The van der Waals surface area contributed by atoms with Crippen molar-refractivity contribution in [3.63, 3.8) is 0 Å². The molecule has 2 N–H and O–H groups in total. The van der Waals surface area contributed by atoms with Crippen LogP contribution in [0.1, 0.15) is 11.3 Å². The molecule has 0 fully saturated rings.